The Balaban J connectivity index is 1.99. The van der Waals surface area contributed by atoms with Crippen molar-refractivity contribution in [2.75, 3.05) is 13.2 Å². The van der Waals surface area contributed by atoms with E-state index in [0.29, 0.717) is 12.1 Å². The zero-order chi connectivity index (χ0) is 14.4. The Bertz CT molecular complexity index is 415. The van der Waals surface area contributed by atoms with E-state index < -0.39 is 0 Å². The summed E-state index contributed by atoms with van der Waals surface area (Å²) in [7, 11) is 0. The average Bonchev–Trinajstić information content (AvgIpc) is 2.95. The summed E-state index contributed by atoms with van der Waals surface area (Å²) in [5.41, 5.74) is 2.44. The van der Waals surface area contributed by atoms with Crippen molar-refractivity contribution in [1.29, 1.82) is 0 Å². The number of halogens is 1. The summed E-state index contributed by atoms with van der Waals surface area (Å²) in [6.07, 6.45) is 6.29. The molecule has 0 radical (unpaired) electrons. The summed E-state index contributed by atoms with van der Waals surface area (Å²) in [6.45, 7) is 6.23. The van der Waals surface area contributed by atoms with Crippen molar-refractivity contribution in [3.8, 4) is 0 Å². The lowest BCUT2D eigenvalue weighted by atomic mass is 9.98. The number of rotatable bonds is 7. The Kier molecular flexibility index (Phi) is 6.34. The SMILES string of the molecule is CCCNC(CCC1CCCO1)c1ccc(C)c(Cl)c1. The molecule has 3 heteroatoms. The zero-order valence-electron chi connectivity index (χ0n) is 12.6. The third kappa shape index (κ3) is 4.47. The van der Waals surface area contributed by atoms with E-state index in [1.165, 1.54) is 18.4 Å². The number of nitrogens with one attached hydrogen (secondary N) is 1. The molecule has 2 nitrogen and oxygen atoms in total. The molecular weight excluding hydrogens is 270 g/mol. The van der Waals surface area contributed by atoms with Gasteiger partial charge >= 0.3 is 0 Å². The van der Waals surface area contributed by atoms with Crippen LogP contribution in [0.3, 0.4) is 0 Å². The molecule has 1 aromatic rings. The highest BCUT2D eigenvalue weighted by Crippen LogP contribution is 2.27. The fourth-order valence-electron chi connectivity index (χ4n) is 2.76. The van der Waals surface area contributed by atoms with Crippen LogP contribution in [0.1, 0.15) is 56.2 Å². The van der Waals surface area contributed by atoms with Crippen molar-refractivity contribution in [1.82, 2.24) is 5.32 Å². The van der Waals surface area contributed by atoms with Crippen LogP contribution in [0.5, 0.6) is 0 Å². The van der Waals surface area contributed by atoms with Crippen molar-refractivity contribution < 1.29 is 4.74 Å². The number of ether oxygens (including phenoxy) is 1. The Hall–Kier alpha value is -0.570. The highest BCUT2D eigenvalue weighted by atomic mass is 35.5. The van der Waals surface area contributed by atoms with Crippen LogP contribution >= 0.6 is 11.6 Å². The van der Waals surface area contributed by atoms with Crippen LogP contribution < -0.4 is 5.32 Å². The van der Waals surface area contributed by atoms with E-state index in [2.05, 4.69) is 30.4 Å². The molecule has 1 aliphatic rings. The number of benzene rings is 1. The lowest BCUT2D eigenvalue weighted by Crippen LogP contribution is -2.23. The highest BCUT2D eigenvalue weighted by Gasteiger charge is 2.19. The molecule has 1 aliphatic heterocycles. The maximum Gasteiger partial charge on any atom is 0.0576 e. The van der Waals surface area contributed by atoms with Gasteiger partial charge in [0.2, 0.25) is 0 Å². The third-order valence-electron chi connectivity index (χ3n) is 4.04. The minimum absolute atomic E-state index is 0.386. The molecule has 20 heavy (non-hydrogen) atoms. The van der Waals surface area contributed by atoms with Crippen LogP contribution in [0.4, 0.5) is 0 Å². The Morgan fingerprint density at radius 3 is 2.95 bits per heavy atom. The molecular formula is C17H26ClNO. The van der Waals surface area contributed by atoms with E-state index in [-0.39, 0.29) is 0 Å². The van der Waals surface area contributed by atoms with Gasteiger partial charge in [-0.25, -0.2) is 0 Å². The summed E-state index contributed by atoms with van der Waals surface area (Å²) in [5.74, 6) is 0. The predicted octanol–water partition coefficient (Wildman–Crippen LogP) is 4.65. The maximum atomic E-state index is 6.27. The molecule has 112 valence electrons. The Morgan fingerprint density at radius 1 is 1.45 bits per heavy atom. The van der Waals surface area contributed by atoms with Gasteiger partial charge in [-0.2, -0.15) is 0 Å². The molecule has 0 amide bonds. The van der Waals surface area contributed by atoms with Crippen LogP contribution in [-0.4, -0.2) is 19.3 Å². The second-order valence-corrected chi connectivity index (χ2v) is 6.13. The second kappa shape index (κ2) is 8.02. The van der Waals surface area contributed by atoms with Crippen LogP contribution in [0.2, 0.25) is 5.02 Å². The summed E-state index contributed by atoms with van der Waals surface area (Å²) in [6, 6.07) is 6.81. The first-order valence-electron chi connectivity index (χ1n) is 7.81. The van der Waals surface area contributed by atoms with E-state index in [9.17, 15) is 0 Å². The minimum Gasteiger partial charge on any atom is -0.378 e. The molecule has 0 spiro atoms. The molecule has 1 heterocycles. The van der Waals surface area contributed by atoms with Gasteiger partial charge < -0.3 is 10.1 Å². The van der Waals surface area contributed by atoms with Gasteiger partial charge in [-0.3, -0.25) is 0 Å². The van der Waals surface area contributed by atoms with Gasteiger partial charge in [-0.1, -0.05) is 30.7 Å². The smallest absolute Gasteiger partial charge is 0.0576 e. The molecule has 0 aromatic heterocycles. The maximum absolute atomic E-state index is 6.27. The lowest BCUT2D eigenvalue weighted by Gasteiger charge is -2.21. The molecule has 2 atom stereocenters. The summed E-state index contributed by atoms with van der Waals surface area (Å²) in [5, 5.41) is 4.51. The first kappa shape index (κ1) is 15.8. The van der Waals surface area contributed by atoms with E-state index in [1.54, 1.807) is 0 Å². The van der Waals surface area contributed by atoms with Gasteiger partial charge in [0.1, 0.15) is 0 Å². The van der Waals surface area contributed by atoms with Crippen molar-refractivity contribution in [2.24, 2.45) is 0 Å². The summed E-state index contributed by atoms with van der Waals surface area (Å²) >= 11 is 6.27. The van der Waals surface area contributed by atoms with Crippen LogP contribution in [0.15, 0.2) is 18.2 Å². The van der Waals surface area contributed by atoms with E-state index in [0.717, 1.165) is 43.0 Å². The van der Waals surface area contributed by atoms with E-state index in [1.807, 2.05) is 6.92 Å². The molecule has 2 rings (SSSR count). The first-order chi connectivity index (χ1) is 9.70. The van der Waals surface area contributed by atoms with Gasteiger partial charge in [0.25, 0.3) is 0 Å². The Morgan fingerprint density at radius 2 is 2.30 bits per heavy atom. The fraction of sp³-hybridized carbons (Fsp3) is 0.647. The summed E-state index contributed by atoms with van der Waals surface area (Å²) in [4.78, 5) is 0. The van der Waals surface area contributed by atoms with Gasteiger partial charge in [0, 0.05) is 17.7 Å². The molecule has 1 aromatic carbocycles. The fourth-order valence-corrected chi connectivity index (χ4v) is 2.94. The van der Waals surface area contributed by atoms with Crippen LogP contribution in [-0.2, 0) is 4.74 Å². The van der Waals surface area contributed by atoms with Gasteiger partial charge in [0.05, 0.1) is 6.10 Å². The average molecular weight is 296 g/mol. The molecule has 2 unspecified atom stereocenters. The van der Waals surface area contributed by atoms with Gasteiger partial charge in [-0.15, -0.1) is 0 Å². The molecule has 0 saturated carbocycles. The van der Waals surface area contributed by atoms with Gasteiger partial charge in [0.15, 0.2) is 0 Å². The summed E-state index contributed by atoms with van der Waals surface area (Å²) < 4.78 is 5.73. The molecule has 0 bridgehead atoms. The van der Waals surface area contributed by atoms with Crippen molar-refractivity contribution in [3.63, 3.8) is 0 Å². The van der Waals surface area contributed by atoms with Crippen molar-refractivity contribution >= 4 is 11.6 Å². The van der Waals surface area contributed by atoms with Crippen molar-refractivity contribution in [2.45, 2.75) is 58.1 Å². The highest BCUT2D eigenvalue weighted by molar-refractivity contribution is 6.31. The molecule has 1 N–H and O–H groups in total. The predicted molar refractivity (Wildman–Crippen MR) is 85.4 cm³/mol. The molecule has 1 fully saturated rings. The van der Waals surface area contributed by atoms with Crippen LogP contribution in [0, 0.1) is 6.92 Å². The largest absolute Gasteiger partial charge is 0.378 e. The van der Waals surface area contributed by atoms with E-state index in [4.69, 9.17) is 16.3 Å². The van der Waals surface area contributed by atoms with Gasteiger partial charge in [-0.05, 0) is 62.8 Å². The van der Waals surface area contributed by atoms with E-state index >= 15 is 0 Å². The lowest BCUT2D eigenvalue weighted by molar-refractivity contribution is 0.0996. The standard InChI is InChI=1S/C17H26ClNO/c1-3-10-19-17(9-8-15-5-4-11-20-15)14-7-6-13(2)16(18)12-14/h6-7,12,15,17,19H,3-5,8-11H2,1-2H3. The third-order valence-corrected chi connectivity index (χ3v) is 4.45. The number of aryl methyl sites for hydroxylation is 1. The normalized spacial score (nSPS) is 20.2. The Labute approximate surface area is 127 Å². The monoisotopic (exact) mass is 295 g/mol. The molecule has 0 aliphatic carbocycles. The minimum atomic E-state index is 0.386. The number of hydrogen-bond donors (Lipinski definition) is 1. The first-order valence-corrected chi connectivity index (χ1v) is 8.19. The quantitative estimate of drug-likeness (QED) is 0.790. The second-order valence-electron chi connectivity index (χ2n) is 5.73. The van der Waals surface area contributed by atoms with Crippen LogP contribution in [0.25, 0.3) is 0 Å². The topological polar surface area (TPSA) is 21.3 Å². The number of hydrogen-bond acceptors (Lipinski definition) is 2. The van der Waals surface area contributed by atoms with Crippen molar-refractivity contribution in [3.05, 3.63) is 34.3 Å². The zero-order valence-corrected chi connectivity index (χ0v) is 13.4. The molecule has 1 saturated heterocycles.